The molecule has 3 rings (SSSR count). The molecule has 0 bridgehead atoms. The van der Waals surface area contributed by atoms with Gasteiger partial charge in [-0.3, -0.25) is 9.59 Å². The first kappa shape index (κ1) is 15.4. The molecule has 2 aromatic carbocycles. The van der Waals surface area contributed by atoms with Crippen molar-refractivity contribution in [2.75, 3.05) is 17.7 Å². The fraction of sp³-hybridized carbons (Fsp3) is 0.176. The first-order valence-electron chi connectivity index (χ1n) is 7.14. The molecule has 6 heteroatoms. The van der Waals surface area contributed by atoms with Crippen LogP contribution < -0.4 is 15.4 Å². The second-order valence-electron chi connectivity index (χ2n) is 5.11. The highest BCUT2D eigenvalue weighted by Gasteiger charge is 2.23. The first-order chi connectivity index (χ1) is 11.1. The third-order valence-corrected chi connectivity index (χ3v) is 4.70. The second kappa shape index (κ2) is 6.34. The largest absolute Gasteiger partial charge is 0.496 e. The maximum absolute atomic E-state index is 12.4. The number of rotatable bonds is 3. The molecule has 0 aromatic heterocycles. The van der Waals surface area contributed by atoms with Crippen molar-refractivity contribution in [2.45, 2.75) is 17.1 Å². The van der Waals surface area contributed by atoms with Gasteiger partial charge in [-0.15, -0.1) is 11.8 Å². The Kier molecular flexibility index (Phi) is 4.25. The lowest BCUT2D eigenvalue weighted by atomic mass is 10.1. The van der Waals surface area contributed by atoms with Crippen LogP contribution in [-0.2, 0) is 4.79 Å². The number of hydrogen-bond acceptors (Lipinski definition) is 4. The smallest absolute Gasteiger partial charge is 0.259 e. The van der Waals surface area contributed by atoms with E-state index in [0.717, 1.165) is 10.6 Å². The molecular weight excluding hydrogens is 312 g/mol. The van der Waals surface area contributed by atoms with Crippen LogP contribution in [0.25, 0.3) is 0 Å². The van der Waals surface area contributed by atoms with E-state index in [9.17, 15) is 9.59 Å². The molecule has 0 spiro atoms. The Morgan fingerprint density at radius 2 is 2.04 bits per heavy atom. The Hall–Kier alpha value is -2.47. The molecule has 2 aromatic rings. The number of carbonyl (C=O) groups excluding carboxylic acids is 2. The third-order valence-electron chi connectivity index (χ3n) is 3.52. The average Bonchev–Trinajstić information content (AvgIpc) is 2.56. The van der Waals surface area contributed by atoms with Gasteiger partial charge in [-0.25, -0.2) is 0 Å². The Morgan fingerprint density at radius 1 is 1.26 bits per heavy atom. The van der Waals surface area contributed by atoms with Gasteiger partial charge in [0.2, 0.25) is 5.91 Å². The Labute approximate surface area is 138 Å². The van der Waals surface area contributed by atoms with Crippen LogP contribution in [0, 0.1) is 0 Å². The number of thioether (sulfide) groups is 1. The van der Waals surface area contributed by atoms with Gasteiger partial charge in [-0.2, -0.15) is 0 Å². The molecule has 5 nitrogen and oxygen atoms in total. The van der Waals surface area contributed by atoms with Crippen LogP contribution >= 0.6 is 11.8 Å². The summed E-state index contributed by atoms with van der Waals surface area (Å²) in [5, 5.41) is 5.57. The van der Waals surface area contributed by atoms with Gasteiger partial charge in [0.05, 0.1) is 23.6 Å². The van der Waals surface area contributed by atoms with Crippen LogP contribution in [0.2, 0.25) is 0 Å². The normalized spacial score (nSPS) is 16.3. The number of benzene rings is 2. The van der Waals surface area contributed by atoms with Crippen molar-refractivity contribution in [3.63, 3.8) is 0 Å². The minimum absolute atomic E-state index is 0.0318. The zero-order valence-electron chi connectivity index (χ0n) is 12.8. The fourth-order valence-electron chi connectivity index (χ4n) is 2.32. The maximum Gasteiger partial charge on any atom is 0.259 e. The summed E-state index contributed by atoms with van der Waals surface area (Å²) in [6.45, 7) is 1.86. The summed E-state index contributed by atoms with van der Waals surface area (Å²) in [7, 11) is 1.53. The highest BCUT2D eigenvalue weighted by Crippen LogP contribution is 2.37. The summed E-state index contributed by atoms with van der Waals surface area (Å²) >= 11 is 1.51. The Bertz CT molecular complexity index is 776. The molecular formula is C17H16N2O3S. The molecule has 0 aliphatic carbocycles. The van der Waals surface area contributed by atoms with E-state index in [-0.39, 0.29) is 17.1 Å². The van der Waals surface area contributed by atoms with Crippen molar-refractivity contribution < 1.29 is 14.3 Å². The van der Waals surface area contributed by atoms with Gasteiger partial charge in [-0.1, -0.05) is 12.1 Å². The summed E-state index contributed by atoms with van der Waals surface area (Å²) in [4.78, 5) is 25.1. The maximum atomic E-state index is 12.4. The molecule has 2 N–H and O–H groups in total. The first-order valence-corrected chi connectivity index (χ1v) is 8.02. The van der Waals surface area contributed by atoms with Crippen LogP contribution in [0.4, 0.5) is 11.4 Å². The lowest BCUT2D eigenvalue weighted by molar-refractivity contribution is -0.115. The number of carbonyl (C=O) groups is 2. The average molecular weight is 328 g/mol. The molecule has 23 heavy (non-hydrogen) atoms. The molecule has 2 amide bonds. The van der Waals surface area contributed by atoms with E-state index >= 15 is 0 Å². The standard InChI is InChI=1S/C17H16N2O3S/c1-10-16(20)19-13-9-11(7-8-15(13)23-10)18-17(21)12-5-3-4-6-14(12)22-2/h3-10H,1-2H3,(H,18,21)(H,19,20). The molecule has 1 heterocycles. The minimum Gasteiger partial charge on any atom is -0.496 e. The lowest BCUT2D eigenvalue weighted by Gasteiger charge is -2.22. The summed E-state index contributed by atoms with van der Waals surface area (Å²) in [5.41, 5.74) is 1.80. The van der Waals surface area contributed by atoms with Crippen molar-refractivity contribution in [1.82, 2.24) is 0 Å². The van der Waals surface area contributed by atoms with E-state index < -0.39 is 0 Å². The van der Waals surface area contributed by atoms with Crippen LogP contribution in [-0.4, -0.2) is 24.2 Å². The number of hydrogen-bond donors (Lipinski definition) is 2. The molecule has 118 valence electrons. The van der Waals surface area contributed by atoms with Crippen molar-refractivity contribution in [2.24, 2.45) is 0 Å². The predicted octanol–water partition coefficient (Wildman–Crippen LogP) is 3.38. The highest BCUT2D eigenvalue weighted by atomic mass is 32.2. The molecule has 0 fully saturated rings. The molecule has 1 unspecified atom stereocenters. The zero-order valence-corrected chi connectivity index (χ0v) is 13.6. The van der Waals surface area contributed by atoms with E-state index in [1.54, 1.807) is 24.3 Å². The molecule has 0 saturated heterocycles. The lowest BCUT2D eigenvalue weighted by Crippen LogP contribution is -2.26. The van der Waals surface area contributed by atoms with Crippen LogP contribution in [0.3, 0.4) is 0 Å². The van der Waals surface area contributed by atoms with Gasteiger partial charge in [0.25, 0.3) is 5.91 Å². The number of fused-ring (bicyclic) bond motifs is 1. The summed E-state index contributed by atoms with van der Waals surface area (Å²) < 4.78 is 5.20. The van der Waals surface area contributed by atoms with Gasteiger partial charge >= 0.3 is 0 Å². The van der Waals surface area contributed by atoms with Gasteiger partial charge in [-0.05, 0) is 37.3 Å². The number of ether oxygens (including phenoxy) is 1. The molecule has 0 saturated carbocycles. The number of para-hydroxylation sites is 1. The van der Waals surface area contributed by atoms with E-state index in [2.05, 4.69) is 10.6 Å². The molecule has 1 atom stereocenters. The minimum atomic E-state index is -0.259. The number of anilines is 2. The van der Waals surface area contributed by atoms with Crippen molar-refractivity contribution in [3.05, 3.63) is 48.0 Å². The molecule has 0 radical (unpaired) electrons. The fourth-order valence-corrected chi connectivity index (χ4v) is 3.25. The van der Waals surface area contributed by atoms with Crippen molar-refractivity contribution >= 4 is 35.0 Å². The van der Waals surface area contributed by atoms with Crippen LogP contribution in [0.1, 0.15) is 17.3 Å². The van der Waals surface area contributed by atoms with Crippen LogP contribution in [0.15, 0.2) is 47.4 Å². The number of amides is 2. The van der Waals surface area contributed by atoms with Gasteiger partial charge in [0.1, 0.15) is 5.75 Å². The second-order valence-corrected chi connectivity index (χ2v) is 6.50. The topological polar surface area (TPSA) is 67.4 Å². The summed E-state index contributed by atoms with van der Waals surface area (Å²) in [5.74, 6) is 0.224. The third kappa shape index (κ3) is 3.17. The molecule has 1 aliphatic rings. The number of nitrogens with one attached hydrogen (secondary N) is 2. The van der Waals surface area contributed by atoms with Crippen LogP contribution in [0.5, 0.6) is 5.75 Å². The van der Waals surface area contributed by atoms with E-state index in [1.807, 2.05) is 25.1 Å². The Morgan fingerprint density at radius 3 is 2.83 bits per heavy atom. The Balaban J connectivity index is 1.82. The monoisotopic (exact) mass is 328 g/mol. The molecule has 1 aliphatic heterocycles. The number of methoxy groups -OCH3 is 1. The quantitative estimate of drug-likeness (QED) is 0.906. The van der Waals surface area contributed by atoms with E-state index in [0.29, 0.717) is 17.0 Å². The van der Waals surface area contributed by atoms with E-state index in [4.69, 9.17) is 4.74 Å². The predicted molar refractivity (Wildman–Crippen MR) is 91.3 cm³/mol. The SMILES string of the molecule is COc1ccccc1C(=O)Nc1ccc2c(c1)NC(=O)C(C)S2. The van der Waals surface area contributed by atoms with Gasteiger partial charge in [0.15, 0.2) is 0 Å². The summed E-state index contributed by atoms with van der Waals surface area (Å²) in [6, 6.07) is 12.5. The zero-order chi connectivity index (χ0) is 16.4. The highest BCUT2D eigenvalue weighted by molar-refractivity contribution is 8.00. The van der Waals surface area contributed by atoms with Gasteiger partial charge < -0.3 is 15.4 Å². The van der Waals surface area contributed by atoms with Crippen molar-refractivity contribution in [1.29, 1.82) is 0 Å². The van der Waals surface area contributed by atoms with Crippen molar-refractivity contribution in [3.8, 4) is 5.75 Å². The van der Waals surface area contributed by atoms with Gasteiger partial charge in [0, 0.05) is 10.6 Å². The summed E-state index contributed by atoms with van der Waals surface area (Å²) in [6.07, 6.45) is 0. The van der Waals surface area contributed by atoms with E-state index in [1.165, 1.54) is 18.9 Å².